The zero-order chi connectivity index (χ0) is 13.7. The predicted octanol–water partition coefficient (Wildman–Crippen LogP) is 3.09. The van der Waals surface area contributed by atoms with Crippen molar-refractivity contribution in [1.29, 1.82) is 0 Å². The fourth-order valence-electron chi connectivity index (χ4n) is 2.00. The first-order chi connectivity index (χ1) is 9.20. The van der Waals surface area contributed by atoms with Gasteiger partial charge in [0.1, 0.15) is 0 Å². The molecule has 0 amide bonds. The van der Waals surface area contributed by atoms with Crippen LogP contribution < -0.4 is 5.32 Å². The molecule has 0 spiro atoms. The van der Waals surface area contributed by atoms with E-state index in [4.69, 9.17) is 4.52 Å². The summed E-state index contributed by atoms with van der Waals surface area (Å²) in [4.78, 5) is 4.44. The van der Waals surface area contributed by atoms with Gasteiger partial charge < -0.3 is 9.84 Å². The molecule has 0 saturated heterocycles. The number of nitrogens with one attached hydrogen (secondary N) is 1. The summed E-state index contributed by atoms with van der Waals surface area (Å²) in [6.45, 7) is 7.13. The number of likely N-dealkylation sites (N-methyl/N-ethyl adjacent to an activating group) is 1. The zero-order valence-corrected chi connectivity index (χ0v) is 11.8. The van der Waals surface area contributed by atoms with E-state index in [-0.39, 0.29) is 6.04 Å². The fourth-order valence-corrected chi connectivity index (χ4v) is 2.00. The molecule has 1 atom stereocenters. The number of rotatable bonds is 6. The quantitative estimate of drug-likeness (QED) is 0.866. The van der Waals surface area contributed by atoms with Crippen LogP contribution in [-0.2, 0) is 6.42 Å². The number of hydrogen-bond donors (Lipinski definition) is 1. The van der Waals surface area contributed by atoms with Crippen LogP contribution in [0.25, 0.3) is 0 Å². The van der Waals surface area contributed by atoms with Gasteiger partial charge in [0, 0.05) is 18.4 Å². The summed E-state index contributed by atoms with van der Waals surface area (Å²) in [6.07, 6.45) is 0.720. The van der Waals surface area contributed by atoms with Crippen LogP contribution in [0.4, 0.5) is 0 Å². The molecular formula is C15H21N3O. The number of nitrogens with zero attached hydrogens (tertiary/aromatic N) is 2. The van der Waals surface area contributed by atoms with Crippen molar-refractivity contribution in [3.8, 4) is 0 Å². The van der Waals surface area contributed by atoms with Crippen molar-refractivity contribution in [3.05, 3.63) is 47.6 Å². The van der Waals surface area contributed by atoms with Gasteiger partial charge in [0.2, 0.25) is 5.89 Å². The second-order valence-corrected chi connectivity index (χ2v) is 4.93. The van der Waals surface area contributed by atoms with E-state index in [1.54, 1.807) is 0 Å². The maximum absolute atomic E-state index is 5.32. The Kier molecular flexibility index (Phi) is 4.68. The molecule has 0 radical (unpaired) electrons. The van der Waals surface area contributed by atoms with Crippen molar-refractivity contribution in [1.82, 2.24) is 15.5 Å². The Balaban J connectivity index is 2.12. The van der Waals surface area contributed by atoms with Crippen molar-refractivity contribution < 1.29 is 4.52 Å². The first-order valence-electron chi connectivity index (χ1n) is 6.81. The normalized spacial score (nSPS) is 12.8. The second kappa shape index (κ2) is 6.48. The summed E-state index contributed by atoms with van der Waals surface area (Å²) in [7, 11) is 0. The summed E-state index contributed by atoms with van der Waals surface area (Å²) < 4.78 is 5.32. The SMILES string of the molecule is CCNC(Cc1nc(C(C)C)no1)c1ccccc1. The van der Waals surface area contributed by atoms with Crippen molar-refractivity contribution in [2.45, 2.75) is 39.2 Å². The monoisotopic (exact) mass is 259 g/mol. The lowest BCUT2D eigenvalue weighted by molar-refractivity contribution is 0.354. The Morgan fingerprint density at radius 2 is 1.95 bits per heavy atom. The van der Waals surface area contributed by atoms with Gasteiger partial charge in [-0.2, -0.15) is 4.98 Å². The largest absolute Gasteiger partial charge is 0.339 e. The number of hydrogen-bond acceptors (Lipinski definition) is 4. The minimum atomic E-state index is 0.215. The molecule has 0 bridgehead atoms. The van der Waals surface area contributed by atoms with Crippen LogP contribution >= 0.6 is 0 Å². The topological polar surface area (TPSA) is 51.0 Å². The maximum atomic E-state index is 5.32. The lowest BCUT2D eigenvalue weighted by Crippen LogP contribution is -2.23. The molecule has 1 unspecified atom stereocenters. The van der Waals surface area contributed by atoms with Crippen molar-refractivity contribution in [2.24, 2.45) is 0 Å². The van der Waals surface area contributed by atoms with Crippen molar-refractivity contribution in [2.75, 3.05) is 6.54 Å². The van der Waals surface area contributed by atoms with E-state index in [1.165, 1.54) is 5.56 Å². The summed E-state index contributed by atoms with van der Waals surface area (Å²) >= 11 is 0. The average Bonchev–Trinajstić information content (AvgIpc) is 2.88. The Hall–Kier alpha value is -1.68. The zero-order valence-electron chi connectivity index (χ0n) is 11.8. The smallest absolute Gasteiger partial charge is 0.228 e. The van der Waals surface area contributed by atoms with Crippen LogP contribution in [0.5, 0.6) is 0 Å². The number of aromatic nitrogens is 2. The van der Waals surface area contributed by atoms with Crippen LogP contribution in [-0.4, -0.2) is 16.7 Å². The standard InChI is InChI=1S/C15H21N3O/c1-4-16-13(12-8-6-5-7-9-12)10-14-17-15(11(2)3)18-19-14/h5-9,11,13,16H,4,10H2,1-3H3. The molecule has 1 N–H and O–H groups in total. The van der Waals surface area contributed by atoms with Gasteiger partial charge in [0.25, 0.3) is 0 Å². The van der Waals surface area contributed by atoms with Crippen LogP contribution in [0.2, 0.25) is 0 Å². The van der Waals surface area contributed by atoms with Crippen molar-refractivity contribution in [3.63, 3.8) is 0 Å². The molecular weight excluding hydrogens is 238 g/mol. The Morgan fingerprint density at radius 1 is 1.21 bits per heavy atom. The minimum absolute atomic E-state index is 0.215. The van der Waals surface area contributed by atoms with E-state index in [0.29, 0.717) is 11.8 Å². The van der Waals surface area contributed by atoms with Gasteiger partial charge in [-0.05, 0) is 12.1 Å². The van der Waals surface area contributed by atoms with Gasteiger partial charge in [0.15, 0.2) is 5.82 Å². The molecule has 2 aromatic rings. The number of benzene rings is 1. The third-order valence-electron chi connectivity index (χ3n) is 3.03. The molecule has 0 fully saturated rings. The van der Waals surface area contributed by atoms with Crippen LogP contribution in [0.1, 0.15) is 50.0 Å². The van der Waals surface area contributed by atoms with Gasteiger partial charge >= 0.3 is 0 Å². The molecule has 2 rings (SSSR count). The highest BCUT2D eigenvalue weighted by atomic mass is 16.5. The third-order valence-corrected chi connectivity index (χ3v) is 3.03. The molecule has 1 aromatic heterocycles. The first-order valence-corrected chi connectivity index (χ1v) is 6.81. The molecule has 0 saturated carbocycles. The van der Waals surface area contributed by atoms with E-state index >= 15 is 0 Å². The van der Waals surface area contributed by atoms with Gasteiger partial charge in [-0.25, -0.2) is 0 Å². The van der Waals surface area contributed by atoms with Gasteiger partial charge in [0.05, 0.1) is 0 Å². The summed E-state index contributed by atoms with van der Waals surface area (Å²) in [6, 6.07) is 10.6. The second-order valence-electron chi connectivity index (χ2n) is 4.93. The van der Waals surface area contributed by atoms with Crippen LogP contribution in [0.15, 0.2) is 34.9 Å². The molecule has 4 nitrogen and oxygen atoms in total. The summed E-state index contributed by atoms with van der Waals surface area (Å²) in [5.74, 6) is 1.77. The molecule has 0 aliphatic carbocycles. The van der Waals surface area contributed by atoms with Crippen molar-refractivity contribution >= 4 is 0 Å². The Bertz CT molecular complexity index is 493. The molecule has 1 aromatic carbocycles. The van der Waals surface area contributed by atoms with Crippen LogP contribution in [0.3, 0.4) is 0 Å². The van der Waals surface area contributed by atoms with E-state index in [1.807, 2.05) is 18.2 Å². The molecule has 0 aliphatic heterocycles. The highest BCUT2D eigenvalue weighted by molar-refractivity contribution is 5.19. The van der Waals surface area contributed by atoms with Gasteiger partial charge in [-0.3, -0.25) is 0 Å². The maximum Gasteiger partial charge on any atom is 0.228 e. The lowest BCUT2D eigenvalue weighted by Gasteiger charge is -2.16. The molecule has 19 heavy (non-hydrogen) atoms. The first kappa shape index (κ1) is 13.7. The Morgan fingerprint density at radius 3 is 2.53 bits per heavy atom. The molecule has 102 valence electrons. The van der Waals surface area contributed by atoms with E-state index < -0.39 is 0 Å². The molecule has 4 heteroatoms. The highest BCUT2D eigenvalue weighted by Crippen LogP contribution is 2.18. The predicted molar refractivity (Wildman–Crippen MR) is 75.0 cm³/mol. The van der Waals surface area contributed by atoms with E-state index in [2.05, 4.69) is 48.4 Å². The molecule has 0 aliphatic rings. The third kappa shape index (κ3) is 3.64. The van der Waals surface area contributed by atoms with Crippen LogP contribution in [0, 0.1) is 0 Å². The molecule has 1 heterocycles. The summed E-state index contributed by atoms with van der Waals surface area (Å²) in [5.41, 5.74) is 1.24. The summed E-state index contributed by atoms with van der Waals surface area (Å²) in [5, 5.41) is 7.47. The minimum Gasteiger partial charge on any atom is -0.339 e. The highest BCUT2D eigenvalue weighted by Gasteiger charge is 2.16. The van der Waals surface area contributed by atoms with Gasteiger partial charge in [-0.15, -0.1) is 0 Å². The van der Waals surface area contributed by atoms with Gasteiger partial charge in [-0.1, -0.05) is 56.3 Å². The lowest BCUT2D eigenvalue weighted by atomic mass is 10.0. The Labute approximate surface area is 114 Å². The van der Waals surface area contributed by atoms with E-state index in [0.717, 1.165) is 18.8 Å². The average molecular weight is 259 g/mol. The fraction of sp³-hybridized carbons (Fsp3) is 0.467. The van der Waals surface area contributed by atoms with E-state index in [9.17, 15) is 0 Å².